The number of ether oxygens (including phenoxy) is 2. The van der Waals surface area contributed by atoms with Gasteiger partial charge in [0.25, 0.3) is 0 Å². The second kappa shape index (κ2) is 6.77. The summed E-state index contributed by atoms with van der Waals surface area (Å²) in [7, 11) is 0. The van der Waals surface area contributed by atoms with Crippen molar-refractivity contribution in [1.82, 2.24) is 5.32 Å². The molecule has 2 fully saturated rings. The summed E-state index contributed by atoms with van der Waals surface area (Å²) >= 11 is 0. The lowest BCUT2D eigenvalue weighted by Crippen LogP contribution is -2.49. The summed E-state index contributed by atoms with van der Waals surface area (Å²) in [6, 6.07) is 0. The lowest BCUT2D eigenvalue weighted by atomic mass is 9.60. The molecule has 1 saturated heterocycles. The molecule has 0 radical (unpaired) electrons. The lowest BCUT2D eigenvalue weighted by Gasteiger charge is -2.46. The normalized spacial score (nSPS) is 23.5. The van der Waals surface area contributed by atoms with E-state index >= 15 is 0 Å². The molecule has 0 aromatic rings. The highest BCUT2D eigenvalue weighted by atomic mass is 16.6. The number of esters is 2. The molecule has 5 nitrogen and oxygen atoms in total. The van der Waals surface area contributed by atoms with Crippen LogP contribution in [0.15, 0.2) is 0 Å². The van der Waals surface area contributed by atoms with Gasteiger partial charge in [-0.05, 0) is 70.9 Å². The molecule has 2 rings (SSSR count). The van der Waals surface area contributed by atoms with Gasteiger partial charge >= 0.3 is 11.9 Å². The van der Waals surface area contributed by atoms with Crippen molar-refractivity contribution in [3.05, 3.63) is 0 Å². The molecule has 120 valence electrons. The number of rotatable bonds is 4. The molecule has 1 heterocycles. The van der Waals surface area contributed by atoms with Gasteiger partial charge in [-0.3, -0.25) is 9.59 Å². The molecule has 0 aromatic carbocycles. The minimum absolute atomic E-state index is 0.299. The van der Waals surface area contributed by atoms with Gasteiger partial charge in [0.15, 0.2) is 5.41 Å². The fourth-order valence-electron chi connectivity index (χ4n) is 3.69. The van der Waals surface area contributed by atoms with Gasteiger partial charge in [-0.1, -0.05) is 0 Å². The van der Waals surface area contributed by atoms with E-state index in [0.717, 1.165) is 38.8 Å². The summed E-state index contributed by atoms with van der Waals surface area (Å²) in [5, 5.41) is 3.38. The molecule has 0 unspecified atom stereocenters. The van der Waals surface area contributed by atoms with Gasteiger partial charge in [0, 0.05) is 0 Å². The molecule has 1 spiro atoms. The Morgan fingerprint density at radius 3 is 1.76 bits per heavy atom. The van der Waals surface area contributed by atoms with Crippen molar-refractivity contribution >= 4 is 11.9 Å². The largest absolute Gasteiger partial charge is 0.465 e. The van der Waals surface area contributed by atoms with Gasteiger partial charge in [-0.15, -0.1) is 0 Å². The van der Waals surface area contributed by atoms with Crippen LogP contribution in [-0.2, 0) is 19.1 Å². The van der Waals surface area contributed by atoms with Crippen LogP contribution in [0.4, 0.5) is 0 Å². The molecule has 1 saturated carbocycles. The lowest BCUT2D eigenvalue weighted by molar-refractivity contribution is -0.177. The zero-order valence-electron chi connectivity index (χ0n) is 13.2. The van der Waals surface area contributed by atoms with Gasteiger partial charge < -0.3 is 14.8 Å². The Bertz CT molecular complexity index is 358. The van der Waals surface area contributed by atoms with Crippen LogP contribution in [0.1, 0.15) is 52.4 Å². The van der Waals surface area contributed by atoms with E-state index in [2.05, 4.69) is 5.32 Å². The predicted molar refractivity (Wildman–Crippen MR) is 78.7 cm³/mol. The third-order valence-electron chi connectivity index (χ3n) is 5.16. The van der Waals surface area contributed by atoms with Crippen molar-refractivity contribution in [2.24, 2.45) is 10.8 Å². The molecular formula is C16H27NO4. The first kappa shape index (κ1) is 16.3. The van der Waals surface area contributed by atoms with Gasteiger partial charge in [-0.25, -0.2) is 0 Å². The molecule has 0 bridgehead atoms. The van der Waals surface area contributed by atoms with Gasteiger partial charge in [0.05, 0.1) is 13.2 Å². The SMILES string of the molecule is CCOC(=O)C1(C(=O)OCC)CCC2(CCNCC2)CC1. The van der Waals surface area contributed by atoms with Gasteiger partial charge in [-0.2, -0.15) is 0 Å². The average Bonchev–Trinajstić information content (AvgIpc) is 2.49. The van der Waals surface area contributed by atoms with E-state index in [1.165, 1.54) is 0 Å². The van der Waals surface area contributed by atoms with Gasteiger partial charge in [0.1, 0.15) is 0 Å². The highest BCUT2D eigenvalue weighted by Crippen LogP contribution is 2.50. The summed E-state index contributed by atoms with van der Waals surface area (Å²) < 4.78 is 10.4. The molecule has 1 aliphatic carbocycles. The van der Waals surface area contributed by atoms with Crippen LogP contribution in [0, 0.1) is 10.8 Å². The topological polar surface area (TPSA) is 64.6 Å². The quantitative estimate of drug-likeness (QED) is 0.635. The molecule has 0 amide bonds. The summed E-state index contributed by atoms with van der Waals surface area (Å²) in [4.78, 5) is 24.7. The highest BCUT2D eigenvalue weighted by molar-refractivity contribution is 6.00. The number of carbonyl (C=O) groups is 2. The highest BCUT2D eigenvalue weighted by Gasteiger charge is 2.54. The number of piperidine rings is 1. The Morgan fingerprint density at radius 1 is 0.857 bits per heavy atom. The standard InChI is InChI=1S/C16H27NO4/c1-3-20-13(18)16(14(19)21-4-2)7-5-15(6-8-16)9-11-17-12-10-15/h17H,3-12H2,1-2H3. The minimum atomic E-state index is -1.07. The van der Waals surface area contributed by atoms with Crippen LogP contribution in [0.25, 0.3) is 0 Å². The average molecular weight is 297 g/mol. The third-order valence-corrected chi connectivity index (χ3v) is 5.16. The fourth-order valence-corrected chi connectivity index (χ4v) is 3.69. The molecule has 0 aromatic heterocycles. The first-order chi connectivity index (χ1) is 10.1. The van der Waals surface area contributed by atoms with Crippen LogP contribution in [0.3, 0.4) is 0 Å². The summed E-state index contributed by atoms with van der Waals surface area (Å²) in [6.07, 6.45) is 5.21. The van der Waals surface area contributed by atoms with E-state index < -0.39 is 17.4 Å². The molecular weight excluding hydrogens is 270 g/mol. The first-order valence-electron chi connectivity index (χ1n) is 8.14. The zero-order valence-corrected chi connectivity index (χ0v) is 13.2. The van der Waals surface area contributed by atoms with E-state index in [-0.39, 0.29) is 0 Å². The van der Waals surface area contributed by atoms with Crippen molar-refractivity contribution in [1.29, 1.82) is 0 Å². The predicted octanol–water partition coefficient (Wildman–Crippen LogP) is 2.04. The maximum absolute atomic E-state index is 12.4. The van der Waals surface area contributed by atoms with E-state index in [4.69, 9.17) is 9.47 Å². The van der Waals surface area contributed by atoms with Crippen molar-refractivity contribution in [3.8, 4) is 0 Å². The van der Waals surface area contributed by atoms with Crippen LogP contribution in [0.5, 0.6) is 0 Å². The number of nitrogens with one attached hydrogen (secondary N) is 1. The molecule has 21 heavy (non-hydrogen) atoms. The molecule has 5 heteroatoms. The zero-order chi connectivity index (χ0) is 15.3. The minimum Gasteiger partial charge on any atom is -0.465 e. The Kier molecular flexibility index (Phi) is 5.25. The van der Waals surface area contributed by atoms with E-state index in [1.807, 2.05) is 0 Å². The van der Waals surface area contributed by atoms with Gasteiger partial charge in [0.2, 0.25) is 0 Å². The Labute approximate surface area is 126 Å². The molecule has 0 atom stereocenters. The van der Waals surface area contributed by atoms with Crippen LogP contribution >= 0.6 is 0 Å². The van der Waals surface area contributed by atoms with Crippen LogP contribution in [0.2, 0.25) is 0 Å². The Balaban J connectivity index is 2.12. The second-order valence-electron chi connectivity index (χ2n) is 6.27. The van der Waals surface area contributed by atoms with Crippen LogP contribution < -0.4 is 5.32 Å². The Hall–Kier alpha value is -1.10. The molecule has 1 N–H and O–H groups in total. The fraction of sp³-hybridized carbons (Fsp3) is 0.875. The molecule has 1 aliphatic heterocycles. The van der Waals surface area contributed by atoms with E-state index in [9.17, 15) is 9.59 Å². The summed E-state index contributed by atoms with van der Waals surface area (Å²) in [5.41, 5.74) is -0.768. The van der Waals surface area contributed by atoms with Crippen molar-refractivity contribution in [2.45, 2.75) is 52.4 Å². The monoisotopic (exact) mass is 297 g/mol. The first-order valence-corrected chi connectivity index (χ1v) is 8.14. The van der Waals surface area contributed by atoms with E-state index in [0.29, 0.717) is 31.5 Å². The Morgan fingerprint density at radius 2 is 1.33 bits per heavy atom. The number of hydrogen-bond acceptors (Lipinski definition) is 5. The van der Waals surface area contributed by atoms with Crippen molar-refractivity contribution < 1.29 is 19.1 Å². The molecule has 2 aliphatic rings. The second-order valence-corrected chi connectivity index (χ2v) is 6.27. The maximum atomic E-state index is 12.4. The summed E-state index contributed by atoms with van der Waals surface area (Å²) in [6.45, 7) is 6.21. The third kappa shape index (κ3) is 3.23. The van der Waals surface area contributed by atoms with Crippen molar-refractivity contribution in [2.75, 3.05) is 26.3 Å². The summed E-state index contributed by atoms with van der Waals surface area (Å²) in [5.74, 6) is -0.792. The number of hydrogen-bond donors (Lipinski definition) is 1. The van der Waals surface area contributed by atoms with Crippen molar-refractivity contribution in [3.63, 3.8) is 0 Å². The smallest absolute Gasteiger partial charge is 0.323 e. The van der Waals surface area contributed by atoms with Crippen LogP contribution in [-0.4, -0.2) is 38.2 Å². The number of carbonyl (C=O) groups excluding carboxylic acids is 2. The maximum Gasteiger partial charge on any atom is 0.323 e. The van der Waals surface area contributed by atoms with E-state index in [1.54, 1.807) is 13.8 Å².